The van der Waals surface area contributed by atoms with Crippen molar-refractivity contribution in [2.75, 3.05) is 6.61 Å². The van der Waals surface area contributed by atoms with Gasteiger partial charge in [-0.3, -0.25) is 0 Å². The first-order valence-corrected chi connectivity index (χ1v) is 7.94. The molecule has 0 amide bonds. The summed E-state index contributed by atoms with van der Waals surface area (Å²) < 4.78 is 11.2. The summed E-state index contributed by atoms with van der Waals surface area (Å²) in [5, 5.41) is 0.257. The third kappa shape index (κ3) is 2.60. The van der Waals surface area contributed by atoms with Crippen molar-refractivity contribution >= 4 is 8.32 Å². The van der Waals surface area contributed by atoms with Crippen molar-refractivity contribution < 1.29 is 9.16 Å². The molecule has 1 heterocycles. The highest BCUT2D eigenvalue weighted by Gasteiger charge is 2.42. The van der Waals surface area contributed by atoms with Crippen LogP contribution in [0.2, 0.25) is 18.1 Å². The fourth-order valence-electron chi connectivity index (χ4n) is 0.923. The van der Waals surface area contributed by atoms with Crippen LogP contribution in [0, 0.1) is 12.3 Å². The average molecular weight is 212 g/mol. The van der Waals surface area contributed by atoms with Gasteiger partial charge in [-0.2, -0.15) is 0 Å². The van der Waals surface area contributed by atoms with Crippen molar-refractivity contribution in [3.05, 3.63) is 0 Å². The molecule has 14 heavy (non-hydrogen) atoms. The molecule has 0 bridgehead atoms. The molecule has 0 saturated carbocycles. The van der Waals surface area contributed by atoms with Gasteiger partial charge < -0.3 is 9.16 Å². The van der Waals surface area contributed by atoms with Crippen molar-refractivity contribution in [3.8, 4) is 12.3 Å². The summed E-state index contributed by atoms with van der Waals surface area (Å²) in [6.07, 6.45) is 5.38. The first-order chi connectivity index (χ1) is 6.28. The van der Waals surface area contributed by atoms with Crippen molar-refractivity contribution in [3.63, 3.8) is 0 Å². The van der Waals surface area contributed by atoms with Crippen LogP contribution < -0.4 is 0 Å². The quantitative estimate of drug-likeness (QED) is 0.407. The Bertz CT molecular complexity index is 247. The van der Waals surface area contributed by atoms with E-state index in [0.29, 0.717) is 6.61 Å². The van der Waals surface area contributed by atoms with Crippen LogP contribution in [0.5, 0.6) is 0 Å². The summed E-state index contributed by atoms with van der Waals surface area (Å²) >= 11 is 0. The second kappa shape index (κ2) is 3.69. The monoisotopic (exact) mass is 212 g/mol. The number of hydrogen-bond donors (Lipinski definition) is 0. The molecule has 0 aromatic heterocycles. The van der Waals surface area contributed by atoms with E-state index in [-0.39, 0.29) is 17.2 Å². The minimum absolute atomic E-state index is 0.000214. The first-order valence-electron chi connectivity index (χ1n) is 5.03. The van der Waals surface area contributed by atoms with Gasteiger partial charge in [0.25, 0.3) is 0 Å². The van der Waals surface area contributed by atoms with Crippen molar-refractivity contribution in [2.24, 2.45) is 0 Å². The van der Waals surface area contributed by atoms with Gasteiger partial charge in [-0.1, -0.05) is 26.7 Å². The number of rotatable bonds is 3. The predicted molar refractivity (Wildman–Crippen MR) is 60.6 cm³/mol. The van der Waals surface area contributed by atoms with Gasteiger partial charge in [0.2, 0.25) is 0 Å². The maximum atomic E-state index is 5.97. The Hall–Kier alpha value is -0.303. The molecule has 3 heteroatoms. The molecule has 1 saturated heterocycles. The van der Waals surface area contributed by atoms with Gasteiger partial charge in [-0.05, 0) is 18.1 Å². The molecule has 0 aromatic carbocycles. The molecule has 2 atom stereocenters. The van der Waals surface area contributed by atoms with Gasteiger partial charge in [-0.15, -0.1) is 6.42 Å². The second-order valence-electron chi connectivity index (χ2n) is 5.33. The highest BCUT2D eigenvalue weighted by molar-refractivity contribution is 6.74. The van der Waals surface area contributed by atoms with E-state index >= 15 is 0 Å². The Labute approximate surface area is 88.1 Å². The highest BCUT2D eigenvalue weighted by atomic mass is 28.4. The van der Waals surface area contributed by atoms with Crippen LogP contribution in [0.15, 0.2) is 0 Å². The fraction of sp³-hybridized carbons (Fsp3) is 0.818. The van der Waals surface area contributed by atoms with Crippen LogP contribution in [-0.4, -0.2) is 27.1 Å². The molecule has 1 rings (SSSR count). The Kier molecular flexibility index (Phi) is 3.10. The Morgan fingerprint density at radius 3 is 2.36 bits per heavy atom. The zero-order valence-corrected chi connectivity index (χ0v) is 10.8. The van der Waals surface area contributed by atoms with E-state index in [1.54, 1.807) is 0 Å². The third-order valence-electron chi connectivity index (χ3n) is 3.16. The number of hydrogen-bond acceptors (Lipinski definition) is 2. The summed E-state index contributed by atoms with van der Waals surface area (Å²) in [5.41, 5.74) is 0. The molecule has 0 aliphatic carbocycles. The fourth-order valence-corrected chi connectivity index (χ4v) is 1.94. The normalized spacial score (nSPS) is 27.1. The molecule has 80 valence electrons. The van der Waals surface area contributed by atoms with Crippen LogP contribution in [0.4, 0.5) is 0 Å². The minimum Gasteiger partial charge on any atom is -0.414 e. The van der Waals surface area contributed by atoms with E-state index < -0.39 is 8.32 Å². The Morgan fingerprint density at radius 1 is 1.43 bits per heavy atom. The number of epoxide rings is 1. The third-order valence-corrected chi connectivity index (χ3v) is 7.66. The molecular weight excluding hydrogens is 192 g/mol. The van der Waals surface area contributed by atoms with E-state index in [1.807, 2.05) is 0 Å². The first kappa shape index (κ1) is 11.8. The largest absolute Gasteiger partial charge is 0.414 e. The summed E-state index contributed by atoms with van der Waals surface area (Å²) in [6, 6.07) is 0. The lowest BCUT2D eigenvalue weighted by Crippen LogP contribution is -2.41. The SMILES string of the molecule is C#C[C@H]1O[C@H]1CO[Si](C)(C)C(C)(C)C. The molecule has 0 spiro atoms. The van der Waals surface area contributed by atoms with E-state index in [9.17, 15) is 0 Å². The Morgan fingerprint density at radius 2 is 2.00 bits per heavy atom. The van der Waals surface area contributed by atoms with E-state index in [1.165, 1.54) is 0 Å². The summed E-state index contributed by atoms with van der Waals surface area (Å²) in [7, 11) is -1.62. The topological polar surface area (TPSA) is 21.8 Å². The van der Waals surface area contributed by atoms with Crippen molar-refractivity contribution in [1.82, 2.24) is 0 Å². The molecule has 1 aliphatic heterocycles. The van der Waals surface area contributed by atoms with Crippen molar-refractivity contribution in [2.45, 2.75) is 51.1 Å². The summed E-state index contributed by atoms with van der Waals surface area (Å²) in [5.74, 6) is 2.58. The highest BCUT2D eigenvalue weighted by Crippen LogP contribution is 2.37. The Balaban J connectivity index is 2.35. The minimum atomic E-state index is -1.62. The van der Waals surface area contributed by atoms with Gasteiger partial charge in [-0.25, -0.2) is 0 Å². The molecule has 1 fully saturated rings. The van der Waals surface area contributed by atoms with Gasteiger partial charge in [0.05, 0.1) is 6.61 Å². The molecule has 0 aromatic rings. The molecule has 0 unspecified atom stereocenters. The van der Waals surface area contributed by atoms with Crippen LogP contribution in [-0.2, 0) is 9.16 Å². The number of terminal acetylenes is 1. The van der Waals surface area contributed by atoms with Crippen LogP contribution in [0.25, 0.3) is 0 Å². The average Bonchev–Trinajstić information content (AvgIpc) is 2.77. The molecule has 0 radical (unpaired) electrons. The second-order valence-corrected chi connectivity index (χ2v) is 10.1. The summed E-state index contributed by atoms with van der Waals surface area (Å²) in [6.45, 7) is 11.8. The van der Waals surface area contributed by atoms with E-state index in [2.05, 4.69) is 39.8 Å². The lowest BCUT2D eigenvalue weighted by Gasteiger charge is -2.35. The van der Waals surface area contributed by atoms with Crippen molar-refractivity contribution in [1.29, 1.82) is 0 Å². The zero-order valence-electron chi connectivity index (χ0n) is 9.76. The van der Waals surface area contributed by atoms with Gasteiger partial charge in [0, 0.05) is 0 Å². The zero-order chi connectivity index (χ0) is 11.0. The molecular formula is C11H20O2Si. The summed E-state index contributed by atoms with van der Waals surface area (Å²) in [4.78, 5) is 0. The maximum Gasteiger partial charge on any atom is 0.192 e. The van der Waals surface area contributed by atoms with Crippen LogP contribution >= 0.6 is 0 Å². The maximum absolute atomic E-state index is 5.97. The lowest BCUT2D eigenvalue weighted by molar-refractivity contribution is 0.242. The predicted octanol–water partition coefficient (Wildman–Crippen LogP) is 2.41. The van der Waals surface area contributed by atoms with Crippen LogP contribution in [0.3, 0.4) is 0 Å². The smallest absolute Gasteiger partial charge is 0.192 e. The van der Waals surface area contributed by atoms with Crippen LogP contribution in [0.1, 0.15) is 20.8 Å². The number of ether oxygens (including phenoxy) is 1. The lowest BCUT2D eigenvalue weighted by atomic mass is 10.2. The molecule has 2 nitrogen and oxygen atoms in total. The van der Waals surface area contributed by atoms with Gasteiger partial charge in [0.15, 0.2) is 8.32 Å². The molecule has 1 aliphatic rings. The standard InChI is InChI=1S/C11H20O2Si/c1-7-9-10(13-9)8-12-14(5,6)11(2,3)4/h1,9-10H,8H2,2-6H3/t9-,10+/m1/s1. The van der Waals surface area contributed by atoms with Gasteiger partial charge >= 0.3 is 0 Å². The van der Waals surface area contributed by atoms with E-state index in [0.717, 1.165) is 0 Å². The van der Waals surface area contributed by atoms with E-state index in [4.69, 9.17) is 15.6 Å². The molecule has 0 N–H and O–H groups in total. The van der Waals surface area contributed by atoms with Gasteiger partial charge in [0.1, 0.15) is 12.2 Å².